The van der Waals surface area contributed by atoms with E-state index in [4.69, 9.17) is 9.47 Å². The highest BCUT2D eigenvalue weighted by molar-refractivity contribution is 5.82. The second kappa shape index (κ2) is 15.0. The van der Waals surface area contributed by atoms with Crippen LogP contribution in [0.2, 0.25) is 0 Å². The van der Waals surface area contributed by atoms with Crippen LogP contribution in [0, 0.1) is 5.82 Å². The minimum Gasteiger partial charge on any atom is -0.444 e. The summed E-state index contributed by atoms with van der Waals surface area (Å²) >= 11 is 0. The van der Waals surface area contributed by atoms with Crippen LogP contribution in [-0.4, -0.2) is 64.9 Å². The minimum absolute atomic E-state index is 0.0474. The largest absolute Gasteiger partial charge is 0.444 e. The van der Waals surface area contributed by atoms with Crippen LogP contribution in [-0.2, 0) is 27.2 Å². The molecule has 4 aromatic rings. The van der Waals surface area contributed by atoms with E-state index in [9.17, 15) is 18.8 Å². The minimum atomic E-state index is -0.682. The molecule has 1 saturated heterocycles. The maximum Gasteiger partial charge on any atom is 0.407 e. The van der Waals surface area contributed by atoms with E-state index in [2.05, 4.69) is 14.9 Å². The first-order valence-corrected chi connectivity index (χ1v) is 16.3. The molecule has 2 N–H and O–H groups in total. The second-order valence-electron chi connectivity index (χ2n) is 13.3. The van der Waals surface area contributed by atoms with Crippen molar-refractivity contribution in [3.8, 4) is 11.1 Å². The molecule has 0 aliphatic carbocycles. The number of hydrogen-bond donors (Lipinski definition) is 2. The summed E-state index contributed by atoms with van der Waals surface area (Å²) in [5.74, 6) is -0.241. The van der Waals surface area contributed by atoms with Crippen LogP contribution in [0.15, 0.2) is 71.7 Å². The summed E-state index contributed by atoms with van der Waals surface area (Å²) in [6.45, 7) is 7.85. The SMILES string of the molecule is COCCCn1c(C2CCCN(C(=O)C[C@@H](Cc3ccc(-c4ccc(=O)[nH]c4)cc3)NC(=O)OC(C)(C)C)C2)cc2c(F)cccc21. The molecule has 1 unspecified atom stereocenters. The number of nitrogens with zero attached hydrogens (tertiary/aromatic N) is 2. The zero-order chi connectivity index (χ0) is 33.6. The molecule has 10 heteroatoms. The van der Waals surface area contributed by atoms with Crippen molar-refractivity contribution in [3.05, 3.63) is 94.3 Å². The number of nitrogens with one attached hydrogen (secondary N) is 2. The van der Waals surface area contributed by atoms with Crippen molar-refractivity contribution in [2.24, 2.45) is 0 Å². The van der Waals surface area contributed by atoms with Crippen LogP contribution >= 0.6 is 0 Å². The van der Waals surface area contributed by atoms with Crippen LogP contribution in [0.4, 0.5) is 9.18 Å². The molecule has 3 heterocycles. The Balaban J connectivity index is 1.32. The van der Waals surface area contributed by atoms with E-state index in [-0.39, 0.29) is 29.6 Å². The van der Waals surface area contributed by atoms with Crippen LogP contribution in [0.1, 0.15) is 63.6 Å². The molecule has 2 amide bonds. The molecular weight excluding hydrogens is 599 g/mol. The van der Waals surface area contributed by atoms with Gasteiger partial charge in [0.05, 0.1) is 5.52 Å². The molecule has 1 aliphatic heterocycles. The number of pyridine rings is 1. The molecule has 2 aromatic carbocycles. The molecule has 0 radical (unpaired) electrons. The summed E-state index contributed by atoms with van der Waals surface area (Å²) in [6.07, 6.45) is 4.16. The van der Waals surface area contributed by atoms with Crippen molar-refractivity contribution in [1.29, 1.82) is 0 Å². The number of carbonyl (C=O) groups excluding carboxylic acids is 2. The maximum absolute atomic E-state index is 14.8. The predicted molar refractivity (Wildman–Crippen MR) is 181 cm³/mol. The van der Waals surface area contributed by atoms with E-state index >= 15 is 0 Å². The van der Waals surface area contributed by atoms with Crippen molar-refractivity contribution in [3.63, 3.8) is 0 Å². The van der Waals surface area contributed by atoms with Crippen LogP contribution in [0.5, 0.6) is 0 Å². The fourth-order valence-electron chi connectivity index (χ4n) is 6.36. The van der Waals surface area contributed by atoms with Gasteiger partial charge in [0.25, 0.3) is 0 Å². The Morgan fingerprint density at radius 1 is 1.09 bits per heavy atom. The number of benzene rings is 2. The molecule has 5 rings (SSSR count). The lowest BCUT2D eigenvalue weighted by molar-refractivity contribution is -0.132. The summed E-state index contributed by atoms with van der Waals surface area (Å²) in [7, 11) is 1.67. The number of aromatic nitrogens is 2. The monoisotopic (exact) mass is 644 g/mol. The average molecular weight is 645 g/mol. The maximum atomic E-state index is 14.8. The molecule has 0 saturated carbocycles. The molecule has 250 valence electrons. The van der Waals surface area contributed by atoms with Gasteiger partial charge in [0.2, 0.25) is 11.5 Å². The number of alkyl carbamates (subject to hydrolysis) is 1. The molecule has 2 aromatic heterocycles. The van der Waals surface area contributed by atoms with Gasteiger partial charge < -0.3 is 29.2 Å². The molecule has 0 bridgehead atoms. The number of piperidine rings is 1. The Kier molecular flexibility index (Phi) is 10.8. The number of fused-ring (bicyclic) bond motifs is 1. The van der Waals surface area contributed by atoms with Gasteiger partial charge >= 0.3 is 6.09 Å². The quantitative estimate of drug-likeness (QED) is 0.184. The van der Waals surface area contributed by atoms with Gasteiger partial charge in [-0.2, -0.15) is 0 Å². The topological polar surface area (TPSA) is 106 Å². The van der Waals surface area contributed by atoms with E-state index in [0.29, 0.717) is 38.0 Å². The summed E-state index contributed by atoms with van der Waals surface area (Å²) in [4.78, 5) is 42.7. The summed E-state index contributed by atoms with van der Waals surface area (Å²) in [6, 6.07) is 17.7. The van der Waals surface area contributed by atoms with E-state index in [1.54, 1.807) is 46.2 Å². The summed E-state index contributed by atoms with van der Waals surface area (Å²) < 4.78 is 27.8. The number of likely N-dealkylation sites (tertiary alicyclic amines) is 1. The van der Waals surface area contributed by atoms with Crippen molar-refractivity contribution in [2.45, 2.75) is 77.0 Å². The number of aromatic amines is 1. The number of halogens is 1. The van der Waals surface area contributed by atoms with Gasteiger partial charge in [-0.25, -0.2) is 9.18 Å². The zero-order valence-corrected chi connectivity index (χ0v) is 27.7. The van der Waals surface area contributed by atoms with Gasteiger partial charge in [-0.15, -0.1) is 0 Å². The highest BCUT2D eigenvalue weighted by Crippen LogP contribution is 2.33. The summed E-state index contributed by atoms with van der Waals surface area (Å²) in [5, 5.41) is 3.54. The second-order valence-corrected chi connectivity index (χ2v) is 13.3. The van der Waals surface area contributed by atoms with Gasteiger partial charge in [0.15, 0.2) is 0 Å². The average Bonchev–Trinajstić information content (AvgIpc) is 3.41. The lowest BCUT2D eigenvalue weighted by Crippen LogP contribution is -2.46. The highest BCUT2D eigenvalue weighted by atomic mass is 19.1. The first kappa shape index (κ1) is 33.9. The van der Waals surface area contributed by atoms with E-state index in [1.165, 1.54) is 12.1 Å². The Morgan fingerprint density at radius 3 is 2.55 bits per heavy atom. The normalized spacial score (nSPS) is 15.9. The van der Waals surface area contributed by atoms with Gasteiger partial charge in [-0.1, -0.05) is 30.3 Å². The van der Waals surface area contributed by atoms with Gasteiger partial charge in [0, 0.05) is 75.1 Å². The molecule has 1 fully saturated rings. The zero-order valence-electron chi connectivity index (χ0n) is 27.7. The third-order valence-corrected chi connectivity index (χ3v) is 8.54. The third kappa shape index (κ3) is 8.88. The number of methoxy groups -OCH3 is 1. The Bertz CT molecular complexity index is 1720. The number of hydrogen-bond acceptors (Lipinski definition) is 5. The molecule has 47 heavy (non-hydrogen) atoms. The van der Waals surface area contributed by atoms with Crippen molar-refractivity contribution in [2.75, 3.05) is 26.8 Å². The number of ether oxygens (including phenoxy) is 2. The summed E-state index contributed by atoms with van der Waals surface area (Å²) in [5.41, 5.74) is 3.82. The third-order valence-electron chi connectivity index (χ3n) is 8.54. The lowest BCUT2D eigenvalue weighted by atomic mass is 9.93. The first-order valence-electron chi connectivity index (χ1n) is 16.3. The van der Waals surface area contributed by atoms with Crippen LogP contribution in [0.3, 0.4) is 0 Å². The highest BCUT2D eigenvalue weighted by Gasteiger charge is 2.30. The molecule has 9 nitrogen and oxygen atoms in total. The van der Waals surface area contributed by atoms with Crippen molar-refractivity contribution >= 4 is 22.9 Å². The Morgan fingerprint density at radius 2 is 1.85 bits per heavy atom. The first-order chi connectivity index (χ1) is 22.5. The molecule has 2 atom stereocenters. The van der Waals surface area contributed by atoms with Crippen molar-refractivity contribution in [1.82, 2.24) is 19.8 Å². The lowest BCUT2D eigenvalue weighted by Gasteiger charge is -2.34. The predicted octanol–water partition coefficient (Wildman–Crippen LogP) is 6.40. The van der Waals surface area contributed by atoms with Crippen LogP contribution < -0.4 is 10.9 Å². The van der Waals surface area contributed by atoms with Gasteiger partial charge in [0.1, 0.15) is 11.4 Å². The smallest absolute Gasteiger partial charge is 0.407 e. The van der Waals surface area contributed by atoms with E-state index < -0.39 is 17.7 Å². The molecule has 1 aliphatic rings. The van der Waals surface area contributed by atoms with E-state index in [0.717, 1.165) is 47.2 Å². The Hall–Kier alpha value is -4.44. The van der Waals surface area contributed by atoms with Crippen LogP contribution in [0.25, 0.3) is 22.0 Å². The Labute approximate surface area is 275 Å². The fourth-order valence-corrected chi connectivity index (χ4v) is 6.36. The van der Waals surface area contributed by atoms with Crippen molar-refractivity contribution < 1.29 is 23.5 Å². The number of amides is 2. The van der Waals surface area contributed by atoms with Gasteiger partial charge in [-0.3, -0.25) is 9.59 Å². The van der Waals surface area contributed by atoms with E-state index in [1.807, 2.05) is 41.3 Å². The number of aryl methyl sites for hydroxylation is 1. The number of H-pyrrole nitrogens is 1. The number of carbonyl (C=O) groups is 2. The fraction of sp³-hybridized carbons (Fsp3) is 0.432. The molecule has 0 spiro atoms. The van der Waals surface area contributed by atoms with Gasteiger partial charge in [-0.05, 0) is 87.4 Å². The standard InChI is InChI=1S/C37H45FN4O5/c1-37(2,3)47-36(45)40-29(20-25-11-13-26(14-12-25)27-15-16-34(43)39-23-27)21-35(44)41-17-6-8-28(24-41)33-22-30-31(38)9-5-10-32(30)42(33)18-7-19-46-4/h5,9-16,22-23,28-29H,6-8,17-21,24H2,1-4H3,(H,39,43)(H,40,45)/t28?,29-/m1/s1. The number of rotatable bonds is 11. The molecular formula is C37H45FN4O5.